The fourth-order valence-corrected chi connectivity index (χ4v) is 5.92. The molecule has 0 spiro atoms. The van der Waals surface area contributed by atoms with Crippen LogP contribution in [0.4, 0.5) is 0 Å². The van der Waals surface area contributed by atoms with Crippen molar-refractivity contribution in [2.75, 3.05) is 13.2 Å². The highest BCUT2D eigenvalue weighted by atomic mass is 16.6. The zero-order chi connectivity index (χ0) is 42.3. The van der Waals surface area contributed by atoms with E-state index in [0.717, 1.165) is 103 Å². The maximum absolute atomic E-state index is 12.7. The summed E-state index contributed by atoms with van der Waals surface area (Å²) in [5.74, 6) is -1.02. The second kappa shape index (κ2) is 46.0. The summed E-state index contributed by atoms with van der Waals surface area (Å²) in [6.45, 7) is 6.28. The van der Waals surface area contributed by atoms with E-state index in [2.05, 4.69) is 106 Å². The molecule has 6 nitrogen and oxygen atoms in total. The van der Waals surface area contributed by atoms with Crippen molar-refractivity contribution in [3.63, 3.8) is 0 Å². The minimum atomic E-state index is -0.818. The number of hydrogen-bond donors (Lipinski definition) is 0. The van der Waals surface area contributed by atoms with E-state index in [1.54, 1.807) is 0 Å². The molecule has 0 radical (unpaired) electrons. The molecule has 0 bridgehead atoms. The summed E-state index contributed by atoms with van der Waals surface area (Å²) < 4.78 is 16.6. The predicted octanol–water partition coefficient (Wildman–Crippen LogP) is 15.0. The van der Waals surface area contributed by atoms with Gasteiger partial charge in [0.1, 0.15) is 13.2 Å². The molecular weight excluding hydrogens is 721 g/mol. The van der Waals surface area contributed by atoms with Crippen LogP contribution in [0.15, 0.2) is 97.2 Å². The molecule has 0 N–H and O–H groups in total. The summed E-state index contributed by atoms with van der Waals surface area (Å²) in [7, 11) is 0. The molecule has 0 aliphatic carbocycles. The zero-order valence-corrected chi connectivity index (χ0v) is 37.3. The number of allylic oxidation sites excluding steroid dienone is 16. The Kier molecular flexibility index (Phi) is 43.1. The van der Waals surface area contributed by atoms with Crippen LogP contribution in [0.1, 0.15) is 194 Å². The highest BCUT2D eigenvalue weighted by Gasteiger charge is 2.19. The highest BCUT2D eigenvalue weighted by Crippen LogP contribution is 2.12. The number of carbonyl (C=O) groups excluding carboxylic acids is 3. The average Bonchev–Trinajstić information content (AvgIpc) is 3.22. The quantitative estimate of drug-likeness (QED) is 0.0266. The molecule has 328 valence electrons. The van der Waals surface area contributed by atoms with E-state index in [9.17, 15) is 14.4 Å². The molecule has 0 fully saturated rings. The molecule has 0 saturated heterocycles. The molecule has 0 aliphatic heterocycles. The third-order valence-corrected chi connectivity index (χ3v) is 9.35. The van der Waals surface area contributed by atoms with E-state index in [-0.39, 0.29) is 31.6 Å². The second-order valence-corrected chi connectivity index (χ2v) is 14.9. The predicted molar refractivity (Wildman–Crippen MR) is 247 cm³/mol. The van der Waals surface area contributed by atoms with Crippen LogP contribution in [0.3, 0.4) is 0 Å². The molecule has 58 heavy (non-hydrogen) atoms. The number of unbranched alkanes of at least 4 members (excludes halogenated alkanes) is 13. The number of carbonyl (C=O) groups is 3. The topological polar surface area (TPSA) is 78.9 Å². The summed E-state index contributed by atoms with van der Waals surface area (Å²) in [5.41, 5.74) is 0. The first kappa shape index (κ1) is 54.3. The number of esters is 3. The average molecular weight is 805 g/mol. The fraction of sp³-hybridized carbons (Fsp3) is 0.635. The van der Waals surface area contributed by atoms with Gasteiger partial charge in [0, 0.05) is 19.3 Å². The fourth-order valence-electron chi connectivity index (χ4n) is 5.92. The van der Waals surface area contributed by atoms with Crippen LogP contribution in [0.2, 0.25) is 0 Å². The minimum absolute atomic E-state index is 0.111. The Morgan fingerprint density at radius 3 is 1.12 bits per heavy atom. The van der Waals surface area contributed by atoms with E-state index in [4.69, 9.17) is 14.2 Å². The van der Waals surface area contributed by atoms with Gasteiger partial charge in [0.2, 0.25) is 0 Å². The maximum Gasteiger partial charge on any atom is 0.306 e. The van der Waals surface area contributed by atoms with Crippen molar-refractivity contribution >= 4 is 17.9 Å². The zero-order valence-electron chi connectivity index (χ0n) is 37.3. The molecule has 0 amide bonds. The summed E-state index contributed by atoms with van der Waals surface area (Å²) in [4.78, 5) is 37.7. The van der Waals surface area contributed by atoms with Crippen molar-refractivity contribution < 1.29 is 28.6 Å². The molecule has 0 heterocycles. The van der Waals surface area contributed by atoms with Crippen LogP contribution in [0, 0.1) is 0 Å². The summed E-state index contributed by atoms with van der Waals surface area (Å²) >= 11 is 0. The lowest BCUT2D eigenvalue weighted by molar-refractivity contribution is -0.166. The summed E-state index contributed by atoms with van der Waals surface area (Å²) in [6, 6.07) is 0. The minimum Gasteiger partial charge on any atom is -0.462 e. The van der Waals surface area contributed by atoms with Gasteiger partial charge in [-0.1, -0.05) is 189 Å². The molecule has 0 aromatic heterocycles. The number of hydrogen-bond acceptors (Lipinski definition) is 6. The van der Waals surface area contributed by atoms with E-state index in [0.29, 0.717) is 19.3 Å². The van der Waals surface area contributed by atoms with Crippen molar-refractivity contribution in [2.45, 2.75) is 200 Å². The van der Waals surface area contributed by atoms with Crippen LogP contribution in [0.25, 0.3) is 0 Å². The van der Waals surface area contributed by atoms with Crippen LogP contribution in [0.5, 0.6) is 0 Å². The molecule has 0 aromatic rings. The largest absolute Gasteiger partial charge is 0.462 e. The molecular formula is C52H84O6. The standard InChI is InChI=1S/C52H84O6/c1-4-7-10-13-16-19-21-23-24-25-26-27-28-30-31-33-36-39-42-45-51(54)57-48-49(47-56-50(53)44-41-38-35-18-15-12-9-6-3)58-52(55)46-43-40-37-34-32-29-22-20-17-14-11-8-5-2/h7-8,10-11,16-17,19-20,23-24,26-27,29,32,37,40,49H,4-6,9,12-15,18,21-22,25,28,30-31,33-36,38-39,41-48H2,1-3H3/b10-7-,11-8-,19-16-,20-17-,24-23-,27-26-,32-29-,40-37-. The van der Waals surface area contributed by atoms with Crippen LogP contribution in [-0.4, -0.2) is 37.2 Å². The van der Waals surface area contributed by atoms with Gasteiger partial charge in [-0.15, -0.1) is 0 Å². The van der Waals surface area contributed by atoms with Gasteiger partial charge in [-0.2, -0.15) is 0 Å². The van der Waals surface area contributed by atoms with Crippen LogP contribution >= 0.6 is 0 Å². The Bertz CT molecular complexity index is 1200. The first-order valence-electron chi connectivity index (χ1n) is 23.2. The Morgan fingerprint density at radius 2 is 0.707 bits per heavy atom. The molecule has 0 aromatic carbocycles. The van der Waals surface area contributed by atoms with Crippen molar-refractivity contribution in [3.05, 3.63) is 97.2 Å². The monoisotopic (exact) mass is 805 g/mol. The normalized spacial score (nSPS) is 12.9. The number of rotatable bonds is 40. The van der Waals surface area contributed by atoms with E-state index < -0.39 is 12.1 Å². The first-order valence-corrected chi connectivity index (χ1v) is 23.2. The van der Waals surface area contributed by atoms with Crippen LogP contribution < -0.4 is 0 Å². The van der Waals surface area contributed by atoms with Gasteiger partial charge in [-0.25, -0.2) is 0 Å². The maximum atomic E-state index is 12.7. The molecule has 1 unspecified atom stereocenters. The van der Waals surface area contributed by atoms with Gasteiger partial charge >= 0.3 is 17.9 Å². The van der Waals surface area contributed by atoms with Crippen LogP contribution in [-0.2, 0) is 28.6 Å². The van der Waals surface area contributed by atoms with Gasteiger partial charge in [0.25, 0.3) is 0 Å². The van der Waals surface area contributed by atoms with Crippen molar-refractivity contribution in [1.82, 2.24) is 0 Å². The third kappa shape index (κ3) is 43.5. The van der Waals surface area contributed by atoms with E-state index in [1.807, 2.05) is 12.2 Å². The van der Waals surface area contributed by atoms with Crippen molar-refractivity contribution in [1.29, 1.82) is 0 Å². The van der Waals surface area contributed by atoms with Gasteiger partial charge in [0.05, 0.1) is 0 Å². The smallest absolute Gasteiger partial charge is 0.306 e. The molecule has 0 saturated carbocycles. The SMILES string of the molecule is CC/C=C\C/C=C\C/C=C\C/C=C\CCCCCCCCC(=O)OCC(COC(=O)CCCCCCCCCC)OC(=O)CC/C=C\C/C=C\C/C=C\C/C=C\CC. The van der Waals surface area contributed by atoms with Crippen molar-refractivity contribution in [2.24, 2.45) is 0 Å². The molecule has 6 heteroatoms. The van der Waals surface area contributed by atoms with E-state index in [1.165, 1.54) is 44.9 Å². The van der Waals surface area contributed by atoms with Crippen molar-refractivity contribution in [3.8, 4) is 0 Å². The molecule has 1 atom stereocenters. The lowest BCUT2D eigenvalue weighted by Gasteiger charge is -2.18. The van der Waals surface area contributed by atoms with E-state index >= 15 is 0 Å². The Hall–Kier alpha value is -3.67. The van der Waals surface area contributed by atoms with Gasteiger partial charge in [-0.3, -0.25) is 14.4 Å². The van der Waals surface area contributed by atoms with Gasteiger partial charge < -0.3 is 14.2 Å². The lowest BCUT2D eigenvalue weighted by Crippen LogP contribution is -2.30. The molecule has 0 aliphatic rings. The third-order valence-electron chi connectivity index (χ3n) is 9.35. The summed E-state index contributed by atoms with van der Waals surface area (Å²) in [5, 5.41) is 0. The van der Waals surface area contributed by atoms with Gasteiger partial charge in [0.15, 0.2) is 6.10 Å². The molecule has 0 rings (SSSR count). The number of ether oxygens (including phenoxy) is 3. The Morgan fingerprint density at radius 1 is 0.362 bits per heavy atom. The Balaban J connectivity index is 4.43. The first-order chi connectivity index (χ1) is 28.5. The highest BCUT2D eigenvalue weighted by molar-refractivity contribution is 5.71. The van der Waals surface area contributed by atoms with Gasteiger partial charge in [-0.05, 0) is 83.5 Å². The Labute approximate surface area is 356 Å². The summed E-state index contributed by atoms with van der Waals surface area (Å²) in [6.07, 6.45) is 59.8. The second-order valence-electron chi connectivity index (χ2n) is 14.9. The lowest BCUT2D eigenvalue weighted by atomic mass is 10.1.